The molecule has 0 spiro atoms. The molecule has 0 unspecified atom stereocenters. The van der Waals surface area contributed by atoms with Crippen LogP contribution in [0.2, 0.25) is 0 Å². The number of rotatable bonds is 4. The van der Waals surface area contributed by atoms with Gasteiger partial charge in [-0.05, 0) is 28.8 Å². The van der Waals surface area contributed by atoms with Crippen LogP contribution in [0, 0.1) is 0 Å². The van der Waals surface area contributed by atoms with Crippen molar-refractivity contribution in [2.24, 2.45) is 0 Å². The van der Waals surface area contributed by atoms with Crippen LogP contribution in [0.1, 0.15) is 25.8 Å². The van der Waals surface area contributed by atoms with E-state index in [4.69, 9.17) is 0 Å². The van der Waals surface area contributed by atoms with Crippen molar-refractivity contribution in [3.63, 3.8) is 0 Å². The Balaban J connectivity index is 2.52. The first kappa shape index (κ1) is 10.3. The lowest BCUT2D eigenvalue weighted by Crippen LogP contribution is -2.28. The van der Waals surface area contributed by atoms with Gasteiger partial charge in [-0.2, -0.15) is 11.3 Å². The molecule has 0 aliphatic rings. The average Bonchev–Trinajstić information content (AvgIpc) is 2.56. The highest BCUT2D eigenvalue weighted by molar-refractivity contribution is 7.07. The maximum absolute atomic E-state index is 11.2. The third-order valence-corrected chi connectivity index (χ3v) is 2.62. The molecule has 0 radical (unpaired) electrons. The van der Waals surface area contributed by atoms with Crippen LogP contribution in [0.25, 0.3) is 0 Å². The first-order valence-electron chi connectivity index (χ1n) is 4.50. The molecule has 0 saturated heterocycles. The summed E-state index contributed by atoms with van der Waals surface area (Å²) in [6, 6.07) is 2.07. The lowest BCUT2D eigenvalue weighted by molar-refractivity contribution is -0.129. The fourth-order valence-electron chi connectivity index (χ4n) is 1.22. The van der Waals surface area contributed by atoms with Crippen molar-refractivity contribution in [1.82, 2.24) is 4.90 Å². The number of nitrogens with zero attached hydrogens (tertiary/aromatic N) is 1. The van der Waals surface area contributed by atoms with Crippen molar-refractivity contribution >= 4 is 17.2 Å². The van der Waals surface area contributed by atoms with Crippen molar-refractivity contribution in [1.29, 1.82) is 0 Å². The maximum atomic E-state index is 11.2. The summed E-state index contributed by atoms with van der Waals surface area (Å²) in [4.78, 5) is 13.1. The van der Waals surface area contributed by atoms with E-state index in [-0.39, 0.29) is 5.91 Å². The van der Waals surface area contributed by atoms with Crippen molar-refractivity contribution in [2.75, 3.05) is 6.54 Å². The highest BCUT2D eigenvalue weighted by Crippen LogP contribution is 2.09. The van der Waals surface area contributed by atoms with Crippen LogP contribution in [0.5, 0.6) is 0 Å². The Morgan fingerprint density at radius 2 is 2.38 bits per heavy atom. The van der Waals surface area contributed by atoms with Gasteiger partial charge >= 0.3 is 0 Å². The van der Waals surface area contributed by atoms with Gasteiger partial charge in [0.2, 0.25) is 5.91 Å². The third-order valence-electron chi connectivity index (χ3n) is 1.89. The van der Waals surface area contributed by atoms with Gasteiger partial charge in [0, 0.05) is 20.0 Å². The van der Waals surface area contributed by atoms with E-state index in [2.05, 4.69) is 18.4 Å². The molecule has 0 aromatic carbocycles. The quantitative estimate of drug-likeness (QED) is 0.726. The standard InChI is InChI=1S/C10H15NOS/c1-3-5-11(9(2)12)7-10-4-6-13-8-10/h4,6,8H,3,5,7H2,1-2H3. The van der Waals surface area contributed by atoms with Gasteiger partial charge in [-0.15, -0.1) is 0 Å². The van der Waals surface area contributed by atoms with E-state index < -0.39 is 0 Å². The van der Waals surface area contributed by atoms with Gasteiger partial charge in [-0.1, -0.05) is 6.92 Å². The van der Waals surface area contributed by atoms with Crippen LogP contribution < -0.4 is 0 Å². The fourth-order valence-corrected chi connectivity index (χ4v) is 1.88. The summed E-state index contributed by atoms with van der Waals surface area (Å²) in [6.45, 7) is 5.32. The number of hydrogen-bond donors (Lipinski definition) is 0. The Morgan fingerprint density at radius 1 is 1.62 bits per heavy atom. The summed E-state index contributed by atoms with van der Waals surface area (Å²) < 4.78 is 0. The minimum absolute atomic E-state index is 0.160. The smallest absolute Gasteiger partial charge is 0.219 e. The highest BCUT2D eigenvalue weighted by atomic mass is 32.1. The number of hydrogen-bond acceptors (Lipinski definition) is 2. The molecular formula is C10H15NOS. The van der Waals surface area contributed by atoms with E-state index in [9.17, 15) is 4.79 Å². The number of thiophene rings is 1. The van der Waals surface area contributed by atoms with Crippen molar-refractivity contribution in [3.8, 4) is 0 Å². The van der Waals surface area contributed by atoms with E-state index in [1.807, 2.05) is 10.3 Å². The van der Waals surface area contributed by atoms with Gasteiger partial charge in [0.15, 0.2) is 0 Å². The first-order valence-corrected chi connectivity index (χ1v) is 5.45. The molecule has 0 aliphatic heterocycles. The molecule has 1 aromatic rings. The normalized spacial score (nSPS) is 10.0. The SMILES string of the molecule is CCCN(Cc1ccsc1)C(C)=O. The second kappa shape index (κ2) is 5.02. The molecule has 13 heavy (non-hydrogen) atoms. The van der Waals surface area contributed by atoms with Gasteiger partial charge in [0.05, 0.1) is 0 Å². The Bertz CT molecular complexity index is 256. The van der Waals surface area contributed by atoms with Crippen LogP contribution in [-0.4, -0.2) is 17.4 Å². The van der Waals surface area contributed by atoms with E-state index in [0.29, 0.717) is 0 Å². The monoisotopic (exact) mass is 197 g/mol. The van der Waals surface area contributed by atoms with Crippen LogP contribution in [0.15, 0.2) is 16.8 Å². The van der Waals surface area contributed by atoms with E-state index in [1.165, 1.54) is 5.56 Å². The topological polar surface area (TPSA) is 20.3 Å². The summed E-state index contributed by atoms with van der Waals surface area (Å²) in [5, 5.41) is 4.13. The first-order chi connectivity index (χ1) is 6.24. The third kappa shape index (κ3) is 3.19. The van der Waals surface area contributed by atoms with E-state index in [0.717, 1.165) is 19.5 Å². The molecule has 0 atom stereocenters. The van der Waals surface area contributed by atoms with Crippen LogP contribution in [0.4, 0.5) is 0 Å². The summed E-state index contributed by atoms with van der Waals surface area (Å²) in [5.74, 6) is 0.160. The molecule has 72 valence electrons. The predicted molar refractivity (Wildman–Crippen MR) is 55.7 cm³/mol. The summed E-state index contributed by atoms with van der Waals surface area (Å²) >= 11 is 1.67. The molecule has 1 aromatic heterocycles. The Morgan fingerprint density at radius 3 is 2.85 bits per heavy atom. The number of carbonyl (C=O) groups is 1. The average molecular weight is 197 g/mol. The largest absolute Gasteiger partial charge is 0.339 e. The maximum Gasteiger partial charge on any atom is 0.219 e. The van der Waals surface area contributed by atoms with Crippen molar-refractivity contribution < 1.29 is 4.79 Å². The molecule has 0 saturated carbocycles. The molecule has 1 heterocycles. The predicted octanol–water partition coefficient (Wildman–Crippen LogP) is 2.51. The lowest BCUT2D eigenvalue weighted by atomic mass is 10.3. The number of carbonyl (C=O) groups excluding carboxylic acids is 1. The minimum Gasteiger partial charge on any atom is -0.339 e. The fraction of sp³-hybridized carbons (Fsp3) is 0.500. The van der Waals surface area contributed by atoms with Crippen LogP contribution in [0.3, 0.4) is 0 Å². The second-order valence-corrected chi connectivity index (χ2v) is 3.85. The summed E-state index contributed by atoms with van der Waals surface area (Å²) in [5.41, 5.74) is 1.23. The van der Waals surface area contributed by atoms with Gasteiger partial charge < -0.3 is 4.90 Å². The van der Waals surface area contributed by atoms with Crippen LogP contribution >= 0.6 is 11.3 Å². The van der Waals surface area contributed by atoms with Crippen LogP contribution in [-0.2, 0) is 11.3 Å². The molecule has 3 heteroatoms. The highest BCUT2D eigenvalue weighted by Gasteiger charge is 2.07. The van der Waals surface area contributed by atoms with Gasteiger partial charge in [0.25, 0.3) is 0 Å². The van der Waals surface area contributed by atoms with Crippen molar-refractivity contribution in [2.45, 2.75) is 26.8 Å². The van der Waals surface area contributed by atoms with Gasteiger partial charge in [0.1, 0.15) is 0 Å². The van der Waals surface area contributed by atoms with E-state index in [1.54, 1.807) is 18.3 Å². The molecule has 0 fully saturated rings. The van der Waals surface area contributed by atoms with Gasteiger partial charge in [-0.3, -0.25) is 4.79 Å². The zero-order valence-electron chi connectivity index (χ0n) is 8.12. The number of amides is 1. The molecule has 1 amide bonds. The molecule has 0 aliphatic carbocycles. The van der Waals surface area contributed by atoms with E-state index >= 15 is 0 Å². The Kier molecular flexibility index (Phi) is 3.96. The van der Waals surface area contributed by atoms with Gasteiger partial charge in [-0.25, -0.2) is 0 Å². The van der Waals surface area contributed by atoms with Crippen molar-refractivity contribution in [3.05, 3.63) is 22.4 Å². The minimum atomic E-state index is 0.160. The Labute approximate surface area is 83.2 Å². The zero-order chi connectivity index (χ0) is 9.68. The molecule has 1 rings (SSSR count). The lowest BCUT2D eigenvalue weighted by Gasteiger charge is -2.19. The molecule has 2 nitrogen and oxygen atoms in total. The molecule has 0 N–H and O–H groups in total. The second-order valence-electron chi connectivity index (χ2n) is 3.07. The summed E-state index contributed by atoms with van der Waals surface area (Å²) in [7, 11) is 0. The Hall–Kier alpha value is -0.830. The zero-order valence-corrected chi connectivity index (χ0v) is 8.93. The molecule has 0 bridgehead atoms. The summed E-state index contributed by atoms with van der Waals surface area (Å²) in [6.07, 6.45) is 1.02. The molecular weight excluding hydrogens is 182 g/mol.